The van der Waals surface area contributed by atoms with Crippen molar-refractivity contribution in [3.8, 4) is 11.5 Å². The third-order valence-corrected chi connectivity index (χ3v) is 4.32. The molecule has 5 nitrogen and oxygen atoms in total. The zero-order chi connectivity index (χ0) is 19.2. The predicted octanol–water partition coefficient (Wildman–Crippen LogP) is 4.24. The van der Waals surface area contributed by atoms with Crippen molar-refractivity contribution in [2.45, 2.75) is 27.2 Å². The summed E-state index contributed by atoms with van der Waals surface area (Å²) in [6.45, 7) is 5.43. The Bertz CT molecular complexity index is 745. The van der Waals surface area contributed by atoms with Crippen LogP contribution in [0.2, 0.25) is 0 Å². The highest BCUT2D eigenvalue weighted by Gasteiger charge is 2.27. The first kappa shape index (κ1) is 19.5. The van der Waals surface area contributed by atoms with Gasteiger partial charge in [-0.15, -0.1) is 0 Å². The molecule has 5 heteroatoms. The van der Waals surface area contributed by atoms with Crippen LogP contribution in [-0.2, 0) is 9.53 Å². The lowest BCUT2D eigenvalue weighted by Crippen LogP contribution is -2.27. The van der Waals surface area contributed by atoms with Gasteiger partial charge >= 0.3 is 5.97 Å². The normalized spacial score (nSPS) is 10.9. The molecule has 26 heavy (non-hydrogen) atoms. The number of benzene rings is 2. The van der Waals surface area contributed by atoms with Crippen LogP contribution < -0.4 is 9.47 Å². The van der Waals surface area contributed by atoms with E-state index in [4.69, 9.17) is 14.2 Å². The molecule has 2 aromatic carbocycles. The maximum absolute atomic E-state index is 12.5. The summed E-state index contributed by atoms with van der Waals surface area (Å²) in [7, 11) is 1.58. The third kappa shape index (κ3) is 4.85. The Morgan fingerprint density at radius 1 is 0.885 bits per heavy atom. The molecule has 0 saturated heterocycles. The number of carbonyl (C=O) groups is 2. The second-order valence-electron chi connectivity index (χ2n) is 6.51. The average molecular weight is 356 g/mol. The van der Waals surface area contributed by atoms with Crippen LogP contribution in [0.15, 0.2) is 48.5 Å². The van der Waals surface area contributed by atoms with Crippen LogP contribution in [0.1, 0.15) is 43.1 Å². The van der Waals surface area contributed by atoms with Gasteiger partial charge in [-0.1, -0.05) is 6.92 Å². The van der Waals surface area contributed by atoms with E-state index in [1.165, 1.54) is 0 Å². The van der Waals surface area contributed by atoms with E-state index in [-0.39, 0.29) is 18.5 Å². The van der Waals surface area contributed by atoms with Gasteiger partial charge in [0.2, 0.25) is 6.79 Å². The maximum atomic E-state index is 12.5. The molecule has 0 aliphatic carbocycles. The molecular weight excluding hydrogens is 332 g/mol. The molecule has 0 aliphatic rings. The standard InChI is InChI=1S/C21H24O5/c1-5-21(2,3)20(23)26-14-25-18-12-8-16(9-13-18)19(22)15-6-10-17(24-4)11-7-15/h6-13H,5,14H2,1-4H3. The van der Waals surface area contributed by atoms with Gasteiger partial charge in [-0.05, 0) is 68.8 Å². The van der Waals surface area contributed by atoms with E-state index >= 15 is 0 Å². The SMILES string of the molecule is CCC(C)(C)C(=O)OCOc1ccc(C(=O)c2ccc(OC)cc2)cc1. The van der Waals surface area contributed by atoms with E-state index in [1.807, 2.05) is 20.8 Å². The van der Waals surface area contributed by atoms with Crippen LogP contribution in [0.5, 0.6) is 11.5 Å². The number of ether oxygens (including phenoxy) is 3. The molecule has 0 bridgehead atoms. The second kappa shape index (κ2) is 8.52. The Balaban J connectivity index is 1.93. The summed E-state index contributed by atoms with van der Waals surface area (Å²) in [6.07, 6.45) is 0.688. The molecule has 2 aromatic rings. The molecule has 0 spiro atoms. The van der Waals surface area contributed by atoms with E-state index in [0.29, 0.717) is 29.0 Å². The van der Waals surface area contributed by atoms with Crippen LogP contribution >= 0.6 is 0 Å². The summed E-state index contributed by atoms with van der Waals surface area (Å²) in [4.78, 5) is 24.3. The molecule has 0 heterocycles. The van der Waals surface area contributed by atoms with Crippen LogP contribution in [0.25, 0.3) is 0 Å². The van der Waals surface area contributed by atoms with E-state index in [1.54, 1.807) is 55.6 Å². The highest BCUT2D eigenvalue weighted by Crippen LogP contribution is 2.22. The minimum Gasteiger partial charge on any atom is -0.497 e. The Kier molecular flexibility index (Phi) is 6.39. The van der Waals surface area contributed by atoms with E-state index in [9.17, 15) is 9.59 Å². The number of hydrogen-bond acceptors (Lipinski definition) is 5. The number of carbonyl (C=O) groups excluding carboxylic acids is 2. The third-order valence-electron chi connectivity index (χ3n) is 4.32. The minimum atomic E-state index is -0.530. The monoisotopic (exact) mass is 356 g/mol. The summed E-state index contributed by atoms with van der Waals surface area (Å²) in [5, 5.41) is 0. The Morgan fingerprint density at radius 3 is 1.85 bits per heavy atom. The Hall–Kier alpha value is -2.82. The molecule has 0 saturated carbocycles. The van der Waals surface area contributed by atoms with Gasteiger partial charge in [-0.2, -0.15) is 0 Å². The van der Waals surface area contributed by atoms with Crippen LogP contribution in [0.3, 0.4) is 0 Å². The first-order valence-electron chi connectivity index (χ1n) is 8.46. The van der Waals surface area contributed by atoms with Crippen molar-refractivity contribution in [1.82, 2.24) is 0 Å². The lowest BCUT2D eigenvalue weighted by Gasteiger charge is -2.20. The number of ketones is 1. The molecule has 0 aliphatic heterocycles. The molecule has 0 amide bonds. The van der Waals surface area contributed by atoms with Gasteiger partial charge in [0, 0.05) is 11.1 Å². The van der Waals surface area contributed by atoms with E-state index in [2.05, 4.69) is 0 Å². The highest BCUT2D eigenvalue weighted by molar-refractivity contribution is 6.09. The molecular formula is C21H24O5. The fourth-order valence-electron chi connectivity index (χ4n) is 2.10. The zero-order valence-electron chi connectivity index (χ0n) is 15.6. The molecule has 0 radical (unpaired) electrons. The molecule has 0 aromatic heterocycles. The smallest absolute Gasteiger partial charge is 0.314 e. The van der Waals surface area contributed by atoms with Gasteiger partial charge in [0.15, 0.2) is 5.78 Å². The number of esters is 1. The molecule has 0 unspecified atom stereocenters. The first-order valence-corrected chi connectivity index (χ1v) is 8.46. The van der Waals surface area contributed by atoms with Crippen molar-refractivity contribution in [1.29, 1.82) is 0 Å². The summed E-state index contributed by atoms with van der Waals surface area (Å²) >= 11 is 0. The fraction of sp³-hybridized carbons (Fsp3) is 0.333. The van der Waals surface area contributed by atoms with Gasteiger partial charge < -0.3 is 14.2 Å². The van der Waals surface area contributed by atoms with Gasteiger partial charge in [0.05, 0.1) is 12.5 Å². The lowest BCUT2D eigenvalue weighted by atomic mass is 9.91. The van der Waals surface area contributed by atoms with Crippen LogP contribution in [0.4, 0.5) is 0 Å². The van der Waals surface area contributed by atoms with Gasteiger partial charge in [-0.25, -0.2) is 0 Å². The second-order valence-corrected chi connectivity index (χ2v) is 6.51. The van der Waals surface area contributed by atoms with E-state index in [0.717, 1.165) is 0 Å². The predicted molar refractivity (Wildman–Crippen MR) is 98.5 cm³/mol. The molecule has 0 N–H and O–H groups in total. The average Bonchev–Trinajstić information content (AvgIpc) is 2.68. The summed E-state index contributed by atoms with van der Waals surface area (Å²) in [5.74, 6) is 0.839. The summed E-state index contributed by atoms with van der Waals surface area (Å²) in [6, 6.07) is 13.7. The fourth-order valence-corrected chi connectivity index (χ4v) is 2.10. The van der Waals surface area contributed by atoms with E-state index < -0.39 is 5.41 Å². The lowest BCUT2D eigenvalue weighted by molar-refractivity contribution is -0.160. The summed E-state index contributed by atoms with van der Waals surface area (Å²) in [5.41, 5.74) is 0.597. The van der Waals surface area contributed by atoms with Crippen molar-refractivity contribution in [3.63, 3.8) is 0 Å². The van der Waals surface area contributed by atoms with Crippen LogP contribution in [0, 0.1) is 5.41 Å². The van der Waals surface area contributed by atoms with Crippen molar-refractivity contribution < 1.29 is 23.8 Å². The van der Waals surface area contributed by atoms with Crippen molar-refractivity contribution >= 4 is 11.8 Å². The molecule has 0 atom stereocenters. The van der Waals surface area contributed by atoms with Crippen molar-refractivity contribution in [2.75, 3.05) is 13.9 Å². The summed E-state index contributed by atoms with van der Waals surface area (Å²) < 4.78 is 15.6. The Morgan fingerprint density at radius 2 is 1.38 bits per heavy atom. The number of hydrogen-bond donors (Lipinski definition) is 0. The Labute approximate surface area is 153 Å². The topological polar surface area (TPSA) is 61.8 Å². The highest BCUT2D eigenvalue weighted by atomic mass is 16.7. The molecule has 0 fully saturated rings. The molecule has 138 valence electrons. The molecule has 2 rings (SSSR count). The van der Waals surface area contributed by atoms with Crippen molar-refractivity contribution in [3.05, 3.63) is 59.7 Å². The maximum Gasteiger partial charge on any atom is 0.314 e. The van der Waals surface area contributed by atoms with Gasteiger partial charge in [0.1, 0.15) is 11.5 Å². The van der Waals surface area contributed by atoms with Gasteiger partial charge in [0.25, 0.3) is 0 Å². The van der Waals surface area contributed by atoms with Crippen molar-refractivity contribution in [2.24, 2.45) is 5.41 Å². The first-order chi connectivity index (χ1) is 12.4. The largest absolute Gasteiger partial charge is 0.497 e. The van der Waals surface area contributed by atoms with Gasteiger partial charge in [-0.3, -0.25) is 9.59 Å². The minimum absolute atomic E-state index is 0.0877. The number of rotatable bonds is 8. The number of methoxy groups -OCH3 is 1. The van der Waals surface area contributed by atoms with Crippen LogP contribution in [-0.4, -0.2) is 25.7 Å². The zero-order valence-corrected chi connectivity index (χ0v) is 15.6. The quantitative estimate of drug-likeness (QED) is 0.402.